The molecule has 0 aliphatic rings. The zero-order valence-corrected chi connectivity index (χ0v) is 35.1. The van der Waals surface area contributed by atoms with Crippen LogP contribution in [0.4, 0.5) is 51.2 Å². The molecule has 3 aromatic rings. The van der Waals surface area contributed by atoms with Gasteiger partial charge in [0.05, 0.1) is 26.1 Å². The van der Waals surface area contributed by atoms with Crippen LogP contribution in [0.1, 0.15) is 0 Å². The zero-order chi connectivity index (χ0) is 37.5. The molecule has 0 N–H and O–H groups in total. The molecule has 0 bridgehead atoms. The Hall–Kier alpha value is -3.30. The van der Waals surface area contributed by atoms with Crippen molar-refractivity contribution < 1.29 is 24.2 Å². The van der Waals surface area contributed by atoms with Gasteiger partial charge in [0, 0.05) is 120 Å². The average molecular weight is 932 g/mol. The van der Waals surface area contributed by atoms with E-state index in [0.29, 0.717) is 20.8 Å². The normalized spacial score (nSPS) is 9.54. The molecule has 0 aliphatic heterocycles. The molecule has 0 saturated carbocycles. The summed E-state index contributed by atoms with van der Waals surface area (Å²) in [6.07, 6.45) is 0. The summed E-state index contributed by atoms with van der Waals surface area (Å²) >= 11 is 4.74. The summed E-state index contributed by atoms with van der Waals surface area (Å²) in [5.41, 5.74) is 5.19. The third-order valence-corrected chi connectivity index (χ3v) is 6.44. The summed E-state index contributed by atoms with van der Waals surface area (Å²) in [6.45, 7) is 0. The van der Waals surface area contributed by atoms with E-state index < -0.39 is 0 Å². The number of nitro benzene ring substituents is 3. The van der Waals surface area contributed by atoms with E-state index in [1.807, 2.05) is 82.0 Å². The minimum atomic E-state index is -0.382. The molecular formula is C30H45I2N9O6V. The fourth-order valence-electron chi connectivity index (χ4n) is 3.98. The fourth-order valence-corrected chi connectivity index (χ4v) is 3.98. The molecule has 0 amide bonds. The zero-order valence-electron chi connectivity index (χ0n) is 29.4. The molecule has 48 heavy (non-hydrogen) atoms. The first-order valence-electron chi connectivity index (χ1n) is 14.0. The molecule has 0 spiro atoms. The second-order valence-electron chi connectivity index (χ2n) is 11.2. The Bertz CT molecular complexity index is 1510. The summed E-state index contributed by atoms with van der Waals surface area (Å²) in [4.78, 5) is 42.2. The van der Waals surface area contributed by atoms with E-state index >= 15 is 0 Å². The number of benzene rings is 3. The van der Waals surface area contributed by atoms with E-state index in [4.69, 9.17) is 0 Å². The van der Waals surface area contributed by atoms with E-state index in [1.165, 1.54) is 12.1 Å². The first kappa shape index (κ1) is 44.7. The predicted octanol–water partition coefficient (Wildman–Crippen LogP) is 6.95. The van der Waals surface area contributed by atoms with E-state index in [-0.39, 0.29) is 31.8 Å². The van der Waals surface area contributed by atoms with Crippen molar-refractivity contribution in [3.63, 3.8) is 0 Å². The molecule has 3 aromatic carbocycles. The van der Waals surface area contributed by atoms with Gasteiger partial charge in [-0.1, -0.05) is 0 Å². The SMILES string of the molecule is CN(C)c1ccc(N(C)C)c([N+](=O)[O-])c1.CN(C)c1ccc([N+](=O)[O-])c(N(C)C)c1.CN(C)c1ccc([N+](=O)[O-])cc1N(C)C.[I][V][I]. The Morgan fingerprint density at radius 1 is 0.458 bits per heavy atom. The maximum absolute atomic E-state index is 10.9. The Labute approximate surface area is 312 Å². The molecule has 0 radical (unpaired) electrons. The Kier molecular flexibility index (Phi) is 20.1. The summed E-state index contributed by atoms with van der Waals surface area (Å²) in [6, 6.07) is 15.1. The Morgan fingerprint density at radius 2 is 0.854 bits per heavy atom. The summed E-state index contributed by atoms with van der Waals surface area (Å²) in [5, 5.41) is 32.3. The molecule has 15 nitrogen and oxygen atoms in total. The van der Waals surface area contributed by atoms with Gasteiger partial charge in [-0.15, -0.1) is 0 Å². The van der Waals surface area contributed by atoms with Gasteiger partial charge in [-0.2, -0.15) is 0 Å². The number of nitro groups is 3. The van der Waals surface area contributed by atoms with Crippen LogP contribution < -0.4 is 29.4 Å². The summed E-state index contributed by atoms with van der Waals surface area (Å²) in [7, 11) is 22.9. The van der Waals surface area contributed by atoms with Crippen molar-refractivity contribution in [1.29, 1.82) is 0 Å². The van der Waals surface area contributed by atoms with Crippen LogP contribution in [0.2, 0.25) is 0 Å². The molecule has 0 atom stereocenters. The van der Waals surface area contributed by atoms with Crippen molar-refractivity contribution in [3.8, 4) is 0 Å². The topological polar surface area (TPSA) is 149 Å². The standard InChI is InChI=1S/3C10H15N3O2.2HI.V/c1-11(2)9-6-5-8(13(14)15)7-10(9)12(3)4;1-11(2)8-5-6-9(13(14)15)10(7-8)12(3)4;1-11(2)8-5-6-9(12(3)4)10(7-8)13(14)15;;;/h3*5-7H,1-4H3;2*1H;/q;;;;;+2/p-2. The van der Waals surface area contributed by atoms with Gasteiger partial charge in [0.15, 0.2) is 0 Å². The second kappa shape index (κ2) is 21.6. The van der Waals surface area contributed by atoms with Gasteiger partial charge in [-0.25, -0.2) is 0 Å². The number of hydrogen-bond donors (Lipinski definition) is 0. The van der Waals surface area contributed by atoms with E-state index in [2.05, 4.69) is 40.0 Å². The molecule has 0 unspecified atom stereocenters. The maximum atomic E-state index is 10.9. The van der Waals surface area contributed by atoms with Crippen LogP contribution in [0.3, 0.4) is 0 Å². The minimum absolute atomic E-state index is 0.115. The van der Waals surface area contributed by atoms with Gasteiger partial charge in [-0.3, -0.25) is 30.3 Å². The third-order valence-electron chi connectivity index (χ3n) is 6.44. The number of halogens is 2. The molecule has 265 valence electrons. The van der Waals surface area contributed by atoms with Gasteiger partial charge in [0.1, 0.15) is 11.4 Å². The van der Waals surface area contributed by atoms with Gasteiger partial charge < -0.3 is 29.4 Å². The van der Waals surface area contributed by atoms with E-state index in [9.17, 15) is 30.3 Å². The number of nitrogens with zero attached hydrogens (tertiary/aromatic N) is 9. The monoisotopic (exact) mass is 932 g/mol. The third kappa shape index (κ3) is 14.4. The molecule has 0 aliphatic carbocycles. The van der Waals surface area contributed by atoms with Gasteiger partial charge in [-0.05, 0) is 30.3 Å². The van der Waals surface area contributed by atoms with E-state index in [0.717, 1.165) is 22.7 Å². The molecule has 0 heterocycles. The second-order valence-corrected chi connectivity index (χ2v) is 23.0. The van der Waals surface area contributed by atoms with Crippen molar-refractivity contribution in [2.75, 3.05) is 114 Å². The molecule has 3 rings (SSSR count). The molecule has 18 heteroatoms. The van der Waals surface area contributed by atoms with Crippen molar-refractivity contribution >= 4 is 91.1 Å². The Morgan fingerprint density at radius 3 is 1.23 bits per heavy atom. The van der Waals surface area contributed by atoms with Gasteiger partial charge >= 0.3 is 49.4 Å². The van der Waals surface area contributed by atoms with Crippen molar-refractivity contribution in [3.05, 3.63) is 84.9 Å². The van der Waals surface area contributed by atoms with Crippen LogP contribution >= 0.6 is 40.0 Å². The van der Waals surface area contributed by atoms with Crippen molar-refractivity contribution in [2.24, 2.45) is 0 Å². The predicted molar refractivity (Wildman–Crippen MR) is 213 cm³/mol. The van der Waals surface area contributed by atoms with Gasteiger partial charge in [0.2, 0.25) is 0 Å². The molecule has 0 fully saturated rings. The molecule has 0 saturated heterocycles. The first-order chi connectivity index (χ1) is 22.2. The number of non-ortho nitro benzene ring substituents is 1. The quantitative estimate of drug-likeness (QED) is 0.124. The number of hydrogen-bond acceptors (Lipinski definition) is 12. The molecular weight excluding hydrogens is 887 g/mol. The summed E-state index contributed by atoms with van der Waals surface area (Å²) < 4.78 is 0. The van der Waals surface area contributed by atoms with Crippen molar-refractivity contribution in [1.82, 2.24) is 0 Å². The van der Waals surface area contributed by atoms with Crippen LogP contribution in [0, 0.1) is 30.3 Å². The number of anilines is 6. The van der Waals surface area contributed by atoms with Gasteiger partial charge in [0.25, 0.3) is 17.1 Å². The molecule has 0 aromatic heterocycles. The van der Waals surface area contributed by atoms with Crippen LogP contribution in [0.5, 0.6) is 0 Å². The van der Waals surface area contributed by atoms with E-state index in [1.54, 1.807) is 74.4 Å². The summed E-state index contributed by atoms with van der Waals surface area (Å²) in [5.74, 6) is 0. The fraction of sp³-hybridized carbons (Fsp3) is 0.400. The first-order valence-corrected chi connectivity index (χ1v) is 23.0. The van der Waals surface area contributed by atoms with Crippen LogP contribution in [-0.4, -0.2) is 99.3 Å². The Balaban J connectivity index is 0.000000662. The van der Waals surface area contributed by atoms with Crippen LogP contribution in [-0.2, 0) is 9.47 Å². The van der Waals surface area contributed by atoms with Crippen molar-refractivity contribution in [2.45, 2.75) is 0 Å². The van der Waals surface area contributed by atoms with Crippen LogP contribution in [0.15, 0.2) is 54.6 Å². The van der Waals surface area contributed by atoms with Crippen LogP contribution in [0.25, 0.3) is 0 Å². The number of rotatable bonds is 9. The average Bonchev–Trinajstić information content (AvgIpc) is 3.00.